The van der Waals surface area contributed by atoms with Gasteiger partial charge in [0.15, 0.2) is 0 Å². The van der Waals surface area contributed by atoms with Gasteiger partial charge in [0, 0.05) is 12.6 Å². The molecule has 0 aliphatic carbocycles. The first-order valence-corrected chi connectivity index (χ1v) is 6.82. The Morgan fingerprint density at radius 3 is 2.53 bits per heavy atom. The molecule has 110 valence electrons. The molecule has 0 spiro atoms. The third-order valence-corrected chi connectivity index (χ3v) is 3.86. The zero-order valence-electron chi connectivity index (χ0n) is 10.0. The average Bonchev–Trinajstić information content (AvgIpc) is 2.60. The van der Waals surface area contributed by atoms with Gasteiger partial charge in [-0.15, -0.1) is 0 Å². The number of hydrogen-bond donors (Lipinski definition) is 1. The molecule has 0 fully saturated rings. The number of alkyl halides is 3. The highest BCUT2D eigenvalue weighted by Crippen LogP contribution is 2.20. The molecular formula is C9H13F3N2O4S. The van der Waals surface area contributed by atoms with E-state index in [1.165, 1.54) is 13.0 Å². The molecule has 0 saturated heterocycles. The van der Waals surface area contributed by atoms with Gasteiger partial charge in [-0.05, 0) is 6.92 Å². The summed E-state index contributed by atoms with van der Waals surface area (Å²) in [6, 6.07) is 1.32. The van der Waals surface area contributed by atoms with Gasteiger partial charge in [0.2, 0.25) is 10.0 Å². The van der Waals surface area contributed by atoms with E-state index < -0.39 is 41.6 Å². The van der Waals surface area contributed by atoms with Crippen LogP contribution in [0.5, 0.6) is 0 Å². The van der Waals surface area contributed by atoms with Crippen molar-refractivity contribution in [1.29, 1.82) is 0 Å². The lowest BCUT2D eigenvalue weighted by Crippen LogP contribution is -2.41. The molecule has 1 aromatic heterocycles. The maximum absolute atomic E-state index is 12.3. The second-order valence-corrected chi connectivity index (χ2v) is 5.83. The number of aromatic nitrogens is 1. The summed E-state index contributed by atoms with van der Waals surface area (Å²) >= 11 is 0. The molecule has 0 aliphatic heterocycles. The lowest BCUT2D eigenvalue weighted by molar-refractivity contribution is -0.136. The van der Waals surface area contributed by atoms with E-state index in [0.29, 0.717) is 5.76 Å². The minimum absolute atomic E-state index is 0.0163. The summed E-state index contributed by atoms with van der Waals surface area (Å²) in [5.74, 6) is -0.352. The van der Waals surface area contributed by atoms with E-state index in [4.69, 9.17) is 5.11 Å². The van der Waals surface area contributed by atoms with Crippen LogP contribution in [0.15, 0.2) is 10.6 Å². The van der Waals surface area contributed by atoms with E-state index in [1.807, 2.05) is 0 Å². The molecule has 19 heavy (non-hydrogen) atoms. The number of halogens is 3. The predicted octanol–water partition coefficient (Wildman–Crippen LogP) is 0.669. The van der Waals surface area contributed by atoms with Gasteiger partial charge in [0.1, 0.15) is 23.8 Å². The number of aliphatic hydroxyl groups is 1. The Morgan fingerprint density at radius 2 is 2.11 bits per heavy atom. The number of hydrogen-bond acceptors (Lipinski definition) is 5. The summed E-state index contributed by atoms with van der Waals surface area (Å²) in [7, 11) is -4.23. The van der Waals surface area contributed by atoms with Gasteiger partial charge in [0.05, 0.1) is 6.61 Å². The van der Waals surface area contributed by atoms with Crippen LogP contribution in [-0.4, -0.2) is 48.9 Å². The Balaban J connectivity index is 2.87. The molecule has 1 heterocycles. The number of aryl methyl sites for hydroxylation is 1. The molecule has 10 heteroatoms. The second kappa shape index (κ2) is 5.88. The third-order valence-electron chi connectivity index (χ3n) is 2.11. The topological polar surface area (TPSA) is 83.6 Å². The van der Waals surface area contributed by atoms with Crippen molar-refractivity contribution in [2.75, 3.05) is 19.7 Å². The van der Waals surface area contributed by atoms with Crippen LogP contribution in [0.1, 0.15) is 11.5 Å². The van der Waals surface area contributed by atoms with Crippen LogP contribution in [0.2, 0.25) is 0 Å². The predicted molar refractivity (Wildman–Crippen MR) is 58.6 cm³/mol. The fraction of sp³-hybridized carbons (Fsp3) is 0.667. The summed E-state index contributed by atoms with van der Waals surface area (Å²) in [6.45, 7) is -1.44. The van der Waals surface area contributed by atoms with Gasteiger partial charge in [-0.3, -0.25) is 0 Å². The molecule has 1 aromatic rings. The van der Waals surface area contributed by atoms with Crippen LogP contribution in [-0.2, 0) is 15.8 Å². The number of rotatable bonds is 6. The highest BCUT2D eigenvalue weighted by atomic mass is 32.2. The summed E-state index contributed by atoms with van der Waals surface area (Å²) in [6.07, 6.45) is -4.68. The fourth-order valence-corrected chi connectivity index (χ4v) is 2.79. The van der Waals surface area contributed by atoms with Gasteiger partial charge in [-0.1, -0.05) is 5.16 Å². The molecular weight excluding hydrogens is 289 g/mol. The van der Waals surface area contributed by atoms with Crippen molar-refractivity contribution < 1.29 is 31.2 Å². The lowest BCUT2D eigenvalue weighted by Gasteiger charge is -2.21. The molecule has 0 saturated carbocycles. The normalized spacial score (nSPS) is 13.2. The Kier molecular flexibility index (Phi) is 4.93. The van der Waals surface area contributed by atoms with Crippen LogP contribution < -0.4 is 0 Å². The van der Waals surface area contributed by atoms with Crippen molar-refractivity contribution in [2.24, 2.45) is 0 Å². The van der Waals surface area contributed by atoms with Gasteiger partial charge >= 0.3 is 6.18 Å². The molecule has 0 aromatic carbocycles. The van der Waals surface area contributed by atoms with Crippen LogP contribution in [0.4, 0.5) is 13.2 Å². The first-order chi connectivity index (χ1) is 8.64. The molecule has 0 radical (unpaired) electrons. The van der Waals surface area contributed by atoms with E-state index in [9.17, 15) is 21.6 Å². The van der Waals surface area contributed by atoms with E-state index in [1.54, 1.807) is 0 Å². The Bertz CT molecular complexity index is 512. The summed E-state index contributed by atoms with van der Waals surface area (Å²) < 4.78 is 65.3. The van der Waals surface area contributed by atoms with Crippen molar-refractivity contribution in [3.8, 4) is 0 Å². The van der Waals surface area contributed by atoms with Crippen molar-refractivity contribution in [1.82, 2.24) is 9.46 Å². The largest absolute Gasteiger partial charge is 0.402 e. The lowest BCUT2D eigenvalue weighted by atomic mass is 10.4. The molecule has 6 nitrogen and oxygen atoms in total. The third kappa shape index (κ3) is 5.17. The highest BCUT2D eigenvalue weighted by molar-refractivity contribution is 7.88. The zero-order chi connectivity index (χ0) is 14.7. The molecule has 1 rings (SSSR count). The SMILES string of the molecule is Cc1cc(CS(=O)(=O)N(CCO)CC(F)(F)F)no1. The zero-order valence-corrected chi connectivity index (χ0v) is 10.8. The smallest absolute Gasteiger partial charge is 0.395 e. The average molecular weight is 302 g/mol. The van der Waals surface area contributed by atoms with Crippen LogP contribution in [0.3, 0.4) is 0 Å². The van der Waals surface area contributed by atoms with E-state index >= 15 is 0 Å². The van der Waals surface area contributed by atoms with E-state index in [-0.39, 0.29) is 10.00 Å². The van der Waals surface area contributed by atoms with Gasteiger partial charge in [-0.2, -0.15) is 17.5 Å². The molecule has 0 atom stereocenters. The van der Waals surface area contributed by atoms with Crippen LogP contribution in [0.25, 0.3) is 0 Å². The Hall–Kier alpha value is -1.13. The van der Waals surface area contributed by atoms with E-state index in [2.05, 4.69) is 9.68 Å². The maximum atomic E-state index is 12.3. The quantitative estimate of drug-likeness (QED) is 0.835. The number of aliphatic hydroxyl groups excluding tert-OH is 1. The number of nitrogens with zero attached hydrogens (tertiary/aromatic N) is 2. The summed E-state index contributed by atoms with van der Waals surface area (Å²) in [5.41, 5.74) is 0.0163. The molecule has 0 aliphatic rings. The van der Waals surface area contributed by atoms with E-state index in [0.717, 1.165) is 0 Å². The van der Waals surface area contributed by atoms with Crippen molar-refractivity contribution >= 4 is 10.0 Å². The first-order valence-electron chi connectivity index (χ1n) is 5.21. The van der Waals surface area contributed by atoms with Gasteiger partial charge in [0.25, 0.3) is 0 Å². The van der Waals surface area contributed by atoms with Crippen LogP contribution in [0, 0.1) is 6.92 Å². The second-order valence-electron chi connectivity index (χ2n) is 3.86. The van der Waals surface area contributed by atoms with Crippen molar-refractivity contribution in [2.45, 2.75) is 18.9 Å². The molecule has 0 amide bonds. The number of sulfonamides is 1. The monoisotopic (exact) mass is 302 g/mol. The van der Waals surface area contributed by atoms with Gasteiger partial charge < -0.3 is 9.63 Å². The maximum Gasteiger partial charge on any atom is 0.402 e. The molecule has 0 unspecified atom stereocenters. The Labute approximate surface area is 107 Å². The molecule has 0 bridgehead atoms. The fourth-order valence-electron chi connectivity index (χ4n) is 1.39. The summed E-state index contributed by atoms with van der Waals surface area (Å²) in [4.78, 5) is 0. The minimum atomic E-state index is -4.68. The Morgan fingerprint density at radius 1 is 1.47 bits per heavy atom. The standard InChI is InChI=1S/C9H13F3N2O4S/c1-7-4-8(13-18-7)5-19(16,17)14(2-3-15)6-9(10,11)12/h4,15H,2-3,5-6H2,1H3. The van der Waals surface area contributed by atoms with Gasteiger partial charge in [-0.25, -0.2) is 8.42 Å². The summed E-state index contributed by atoms with van der Waals surface area (Å²) in [5, 5.41) is 12.1. The highest BCUT2D eigenvalue weighted by Gasteiger charge is 2.36. The first kappa shape index (κ1) is 15.9. The van der Waals surface area contributed by atoms with Crippen molar-refractivity contribution in [3.05, 3.63) is 17.5 Å². The van der Waals surface area contributed by atoms with Crippen molar-refractivity contribution in [3.63, 3.8) is 0 Å². The van der Waals surface area contributed by atoms with Crippen LogP contribution >= 0.6 is 0 Å². The molecule has 1 N–H and O–H groups in total. The minimum Gasteiger partial charge on any atom is -0.395 e.